The fourth-order valence-electron chi connectivity index (χ4n) is 6.40. The molecule has 0 heterocycles. The first-order valence-corrected chi connectivity index (χ1v) is 24.1. The van der Waals surface area contributed by atoms with Gasteiger partial charge in [0.2, 0.25) is 0 Å². The monoisotopic (exact) mass is 807 g/mol. The van der Waals surface area contributed by atoms with Gasteiger partial charge in [0.05, 0.1) is 6.61 Å². The fraction of sp³-hybridized carbons (Fsp3) is 0.698. The molecule has 5 heteroatoms. The molecule has 1 atom stereocenters. The van der Waals surface area contributed by atoms with Gasteiger partial charge in [0.15, 0.2) is 6.10 Å². The number of hydrogen-bond acceptors (Lipinski definition) is 5. The molecule has 0 aromatic heterocycles. The molecule has 0 amide bonds. The van der Waals surface area contributed by atoms with E-state index in [1.54, 1.807) is 0 Å². The summed E-state index contributed by atoms with van der Waals surface area (Å²) in [6, 6.07) is 0. The average Bonchev–Trinajstić information content (AvgIpc) is 3.22. The zero-order valence-electron chi connectivity index (χ0n) is 38.0. The third-order valence-electron chi connectivity index (χ3n) is 9.93. The van der Waals surface area contributed by atoms with Crippen LogP contribution in [-0.2, 0) is 23.8 Å². The van der Waals surface area contributed by atoms with E-state index >= 15 is 0 Å². The van der Waals surface area contributed by atoms with Gasteiger partial charge in [-0.1, -0.05) is 196 Å². The molecule has 0 radical (unpaired) electrons. The van der Waals surface area contributed by atoms with Gasteiger partial charge in [-0.2, -0.15) is 0 Å². The lowest BCUT2D eigenvalue weighted by molar-refractivity contribution is -0.163. The van der Waals surface area contributed by atoms with Crippen LogP contribution in [0.4, 0.5) is 0 Å². The molecule has 0 aliphatic carbocycles. The molecule has 0 rings (SSSR count). The summed E-state index contributed by atoms with van der Waals surface area (Å²) in [5.41, 5.74) is 0. The molecule has 0 bridgehead atoms. The first kappa shape index (κ1) is 55.1. The van der Waals surface area contributed by atoms with E-state index in [1.807, 2.05) is 0 Å². The standard InChI is InChI=1S/C53H90O5/c1-4-7-10-13-16-19-21-23-25-26-27-28-29-30-32-35-37-40-43-46-52(54)57-50-51(58-53(55)47-44-41-38-34-18-15-12-9-6-3)49-56-48-45-42-39-36-33-31-24-22-20-17-14-11-8-5-2/h7-8,10-11,16-17,19-20,23-25,27-28,31,51H,4-6,9,12-15,18,21-22,26,29-30,32-50H2,1-3H3/b10-7-,11-8-,19-16-,20-17-,25-23-,28-27-,31-24-. The van der Waals surface area contributed by atoms with Crippen molar-refractivity contribution in [1.82, 2.24) is 0 Å². The van der Waals surface area contributed by atoms with E-state index in [2.05, 4.69) is 106 Å². The molecule has 0 aliphatic rings. The van der Waals surface area contributed by atoms with E-state index in [-0.39, 0.29) is 25.2 Å². The Labute approximate surface area is 359 Å². The lowest BCUT2D eigenvalue weighted by Gasteiger charge is -2.18. The van der Waals surface area contributed by atoms with E-state index in [9.17, 15) is 9.59 Å². The van der Waals surface area contributed by atoms with Crippen LogP contribution in [0.25, 0.3) is 0 Å². The number of ether oxygens (including phenoxy) is 3. The van der Waals surface area contributed by atoms with Gasteiger partial charge in [-0.3, -0.25) is 9.59 Å². The molecule has 0 spiro atoms. The summed E-state index contributed by atoms with van der Waals surface area (Å²) in [7, 11) is 0. The predicted octanol–water partition coefficient (Wildman–Crippen LogP) is 16.1. The zero-order chi connectivity index (χ0) is 42.1. The van der Waals surface area contributed by atoms with Crippen LogP contribution in [0.3, 0.4) is 0 Å². The Morgan fingerprint density at radius 3 is 1.24 bits per heavy atom. The average molecular weight is 807 g/mol. The minimum absolute atomic E-state index is 0.0661. The van der Waals surface area contributed by atoms with Gasteiger partial charge < -0.3 is 14.2 Å². The molecule has 332 valence electrons. The topological polar surface area (TPSA) is 61.8 Å². The summed E-state index contributed by atoms with van der Waals surface area (Å²) in [6.07, 6.45) is 63.0. The van der Waals surface area contributed by atoms with Crippen molar-refractivity contribution in [3.05, 3.63) is 85.1 Å². The summed E-state index contributed by atoms with van der Waals surface area (Å²) in [5.74, 6) is -0.431. The quantitative estimate of drug-likeness (QED) is 0.0349. The molecule has 0 aliphatic heterocycles. The van der Waals surface area contributed by atoms with E-state index in [4.69, 9.17) is 14.2 Å². The first-order chi connectivity index (χ1) is 28.6. The number of hydrogen-bond donors (Lipinski definition) is 0. The fourth-order valence-corrected chi connectivity index (χ4v) is 6.40. The second kappa shape index (κ2) is 48.4. The van der Waals surface area contributed by atoms with Crippen molar-refractivity contribution < 1.29 is 23.8 Å². The molecule has 0 aromatic carbocycles. The number of carbonyl (C=O) groups excluding carboxylic acids is 2. The smallest absolute Gasteiger partial charge is 0.306 e. The van der Waals surface area contributed by atoms with Crippen molar-refractivity contribution in [2.24, 2.45) is 0 Å². The number of unbranched alkanes of at least 4 members (excludes halogenated alkanes) is 18. The largest absolute Gasteiger partial charge is 0.462 e. The highest BCUT2D eigenvalue weighted by molar-refractivity contribution is 5.70. The van der Waals surface area contributed by atoms with Crippen molar-refractivity contribution in [2.75, 3.05) is 19.8 Å². The molecule has 0 saturated heterocycles. The van der Waals surface area contributed by atoms with Crippen LogP contribution in [-0.4, -0.2) is 37.9 Å². The van der Waals surface area contributed by atoms with Crippen LogP contribution < -0.4 is 0 Å². The van der Waals surface area contributed by atoms with E-state index in [1.165, 1.54) is 77.0 Å². The third kappa shape index (κ3) is 45.8. The number of esters is 2. The summed E-state index contributed by atoms with van der Waals surface area (Å²) in [6.45, 7) is 7.52. The van der Waals surface area contributed by atoms with Crippen LogP contribution in [0, 0.1) is 0 Å². The van der Waals surface area contributed by atoms with Gasteiger partial charge >= 0.3 is 11.9 Å². The maximum Gasteiger partial charge on any atom is 0.306 e. The van der Waals surface area contributed by atoms with Crippen molar-refractivity contribution in [3.8, 4) is 0 Å². The molecular weight excluding hydrogens is 717 g/mol. The second-order valence-corrected chi connectivity index (χ2v) is 15.6. The van der Waals surface area contributed by atoms with Crippen LogP contribution >= 0.6 is 0 Å². The summed E-state index contributed by atoms with van der Waals surface area (Å²) >= 11 is 0. The van der Waals surface area contributed by atoms with Gasteiger partial charge in [-0.05, 0) is 89.9 Å². The molecular formula is C53H90O5. The Kier molecular flexibility index (Phi) is 46.0. The Bertz CT molecular complexity index is 1090. The number of rotatable bonds is 43. The zero-order valence-corrected chi connectivity index (χ0v) is 38.0. The van der Waals surface area contributed by atoms with Gasteiger partial charge in [-0.25, -0.2) is 0 Å². The van der Waals surface area contributed by atoms with Crippen LogP contribution in [0.5, 0.6) is 0 Å². The minimum atomic E-state index is -0.554. The molecule has 0 fully saturated rings. The second-order valence-electron chi connectivity index (χ2n) is 15.6. The highest BCUT2D eigenvalue weighted by Crippen LogP contribution is 2.13. The molecule has 0 aromatic rings. The molecule has 0 N–H and O–H groups in total. The minimum Gasteiger partial charge on any atom is -0.462 e. The van der Waals surface area contributed by atoms with Gasteiger partial charge in [0, 0.05) is 19.4 Å². The Morgan fingerprint density at radius 1 is 0.397 bits per heavy atom. The van der Waals surface area contributed by atoms with Crippen LogP contribution in [0.1, 0.15) is 213 Å². The number of allylic oxidation sites excluding steroid dienone is 14. The maximum atomic E-state index is 12.7. The Hall–Kier alpha value is -2.92. The maximum absolute atomic E-state index is 12.7. The summed E-state index contributed by atoms with van der Waals surface area (Å²) in [4.78, 5) is 25.3. The highest BCUT2D eigenvalue weighted by Gasteiger charge is 2.17. The summed E-state index contributed by atoms with van der Waals surface area (Å²) < 4.78 is 17.3. The van der Waals surface area contributed by atoms with Gasteiger partial charge in [0.25, 0.3) is 0 Å². The predicted molar refractivity (Wildman–Crippen MR) is 251 cm³/mol. The molecule has 58 heavy (non-hydrogen) atoms. The van der Waals surface area contributed by atoms with Crippen molar-refractivity contribution in [3.63, 3.8) is 0 Å². The normalized spacial score (nSPS) is 12.9. The number of carbonyl (C=O) groups is 2. The van der Waals surface area contributed by atoms with Crippen molar-refractivity contribution in [1.29, 1.82) is 0 Å². The Morgan fingerprint density at radius 2 is 0.776 bits per heavy atom. The highest BCUT2D eigenvalue weighted by atomic mass is 16.6. The van der Waals surface area contributed by atoms with Crippen LogP contribution in [0.15, 0.2) is 85.1 Å². The molecule has 1 unspecified atom stereocenters. The van der Waals surface area contributed by atoms with Crippen molar-refractivity contribution >= 4 is 11.9 Å². The lowest BCUT2D eigenvalue weighted by Crippen LogP contribution is -2.30. The van der Waals surface area contributed by atoms with Crippen molar-refractivity contribution in [2.45, 2.75) is 219 Å². The SMILES string of the molecule is CC/C=C\C/C=C\C/C=C\C/C=C\CCCCCCCCC(=O)OCC(COCCCCCC/C=C\C/C=C\C/C=C\CC)OC(=O)CCCCCCCCCCC. The van der Waals surface area contributed by atoms with E-state index < -0.39 is 6.10 Å². The molecule has 5 nitrogen and oxygen atoms in total. The van der Waals surface area contributed by atoms with E-state index in [0.717, 1.165) is 103 Å². The van der Waals surface area contributed by atoms with Gasteiger partial charge in [-0.15, -0.1) is 0 Å². The van der Waals surface area contributed by atoms with Gasteiger partial charge in [0.1, 0.15) is 6.61 Å². The first-order valence-electron chi connectivity index (χ1n) is 24.1. The van der Waals surface area contributed by atoms with Crippen LogP contribution in [0.2, 0.25) is 0 Å². The lowest BCUT2D eigenvalue weighted by atomic mass is 10.1. The molecule has 0 saturated carbocycles. The van der Waals surface area contributed by atoms with E-state index in [0.29, 0.717) is 19.4 Å². The summed E-state index contributed by atoms with van der Waals surface area (Å²) in [5, 5.41) is 0. The third-order valence-corrected chi connectivity index (χ3v) is 9.93. The Balaban J connectivity index is 4.26.